The van der Waals surface area contributed by atoms with Crippen LogP contribution in [0.4, 0.5) is 0 Å². The van der Waals surface area contributed by atoms with Crippen LogP contribution in [0.3, 0.4) is 0 Å². The summed E-state index contributed by atoms with van der Waals surface area (Å²) in [6.45, 7) is 16.4. The molecule has 0 aromatic carbocycles. The summed E-state index contributed by atoms with van der Waals surface area (Å²) in [6, 6.07) is 0. The number of allylic oxidation sites excluding steroid dienone is 3. The Bertz CT molecular complexity index is 189. The van der Waals surface area contributed by atoms with E-state index in [1.807, 2.05) is 13.8 Å². The number of hydrogen-bond donors (Lipinski definition) is 1. The van der Waals surface area contributed by atoms with E-state index in [4.69, 9.17) is 0 Å². The summed E-state index contributed by atoms with van der Waals surface area (Å²) < 4.78 is 0. The summed E-state index contributed by atoms with van der Waals surface area (Å²) in [5.74, 6) is 0. The molecule has 68 valence electrons. The molecular formula is C11H19N. The number of nitrogens with one attached hydrogen (secondary N) is 1. The van der Waals surface area contributed by atoms with Crippen LogP contribution in [0, 0.1) is 0 Å². The van der Waals surface area contributed by atoms with Crippen molar-refractivity contribution in [3.8, 4) is 0 Å². The molecule has 0 saturated heterocycles. The van der Waals surface area contributed by atoms with Crippen LogP contribution in [-0.2, 0) is 0 Å². The largest absolute Gasteiger partial charge is 0.389 e. The van der Waals surface area contributed by atoms with Crippen LogP contribution in [0.15, 0.2) is 36.6 Å². The highest BCUT2D eigenvalue weighted by Gasteiger charge is 1.94. The fourth-order valence-electron chi connectivity index (χ4n) is 0.817. The van der Waals surface area contributed by atoms with Crippen LogP contribution in [0.5, 0.6) is 0 Å². The zero-order chi connectivity index (χ0) is 9.56. The topological polar surface area (TPSA) is 12.0 Å². The maximum atomic E-state index is 3.92. The Morgan fingerprint density at radius 1 is 1.17 bits per heavy atom. The minimum absolute atomic E-state index is 0.974. The summed E-state index contributed by atoms with van der Waals surface area (Å²) in [5.41, 5.74) is 3.26. The van der Waals surface area contributed by atoms with Crippen LogP contribution >= 0.6 is 0 Å². The monoisotopic (exact) mass is 165 g/mol. The van der Waals surface area contributed by atoms with Crippen molar-refractivity contribution >= 4 is 0 Å². The first-order valence-electron chi connectivity index (χ1n) is 4.27. The van der Waals surface area contributed by atoms with E-state index in [1.165, 1.54) is 0 Å². The van der Waals surface area contributed by atoms with Crippen LogP contribution in [0.2, 0.25) is 0 Å². The molecule has 0 radical (unpaired) electrons. The Morgan fingerprint density at radius 2 is 1.75 bits per heavy atom. The lowest BCUT2D eigenvalue weighted by Gasteiger charge is -2.06. The molecule has 0 aromatic rings. The van der Waals surface area contributed by atoms with Gasteiger partial charge in [0.05, 0.1) is 0 Å². The average molecular weight is 165 g/mol. The molecule has 0 unspecified atom stereocenters. The highest BCUT2D eigenvalue weighted by Crippen LogP contribution is 2.10. The molecule has 0 aromatic heterocycles. The van der Waals surface area contributed by atoms with Crippen LogP contribution in [0.25, 0.3) is 0 Å². The molecule has 1 heteroatoms. The molecule has 1 nitrogen and oxygen atoms in total. The molecule has 0 rings (SSSR count). The van der Waals surface area contributed by atoms with Gasteiger partial charge in [0.15, 0.2) is 0 Å². The molecule has 1 N–H and O–H groups in total. The smallest absolute Gasteiger partial charge is 0.0146 e. The molecule has 0 amide bonds. The molecule has 0 aliphatic carbocycles. The van der Waals surface area contributed by atoms with Gasteiger partial charge in [0.25, 0.3) is 0 Å². The van der Waals surface area contributed by atoms with Crippen LogP contribution < -0.4 is 5.32 Å². The lowest BCUT2D eigenvalue weighted by molar-refractivity contribution is 0.725. The Labute approximate surface area is 75.9 Å². The summed E-state index contributed by atoms with van der Waals surface area (Å²) in [7, 11) is 0. The summed E-state index contributed by atoms with van der Waals surface area (Å²) in [6.07, 6.45) is 2.12. The molecule has 0 aliphatic rings. The van der Waals surface area contributed by atoms with Gasteiger partial charge in [-0.1, -0.05) is 30.9 Å². The predicted molar refractivity (Wildman–Crippen MR) is 56.0 cm³/mol. The third kappa shape index (κ3) is 5.78. The number of hydrogen-bond acceptors (Lipinski definition) is 1. The van der Waals surface area contributed by atoms with Gasteiger partial charge in [-0.15, -0.1) is 0 Å². The van der Waals surface area contributed by atoms with Gasteiger partial charge >= 0.3 is 0 Å². The zero-order valence-electron chi connectivity index (χ0n) is 8.24. The molecule has 0 aliphatic heterocycles. The maximum Gasteiger partial charge on any atom is 0.0146 e. The van der Waals surface area contributed by atoms with Crippen molar-refractivity contribution in [2.24, 2.45) is 0 Å². The molecule has 12 heavy (non-hydrogen) atoms. The third-order valence-electron chi connectivity index (χ3n) is 1.69. The summed E-state index contributed by atoms with van der Waals surface area (Å²) >= 11 is 0. The highest BCUT2D eigenvalue weighted by molar-refractivity contribution is 5.22. The van der Waals surface area contributed by atoms with E-state index in [-0.39, 0.29) is 0 Å². The van der Waals surface area contributed by atoms with Gasteiger partial charge in [0.2, 0.25) is 0 Å². The van der Waals surface area contributed by atoms with Gasteiger partial charge in [-0.25, -0.2) is 0 Å². The van der Waals surface area contributed by atoms with Gasteiger partial charge in [-0.2, -0.15) is 0 Å². The highest BCUT2D eigenvalue weighted by atomic mass is 14.9. The molecular weight excluding hydrogens is 146 g/mol. The average Bonchev–Trinajstić information content (AvgIpc) is 1.97. The second-order valence-corrected chi connectivity index (χ2v) is 3.19. The summed E-state index contributed by atoms with van der Waals surface area (Å²) in [5, 5.41) is 3.17. The van der Waals surface area contributed by atoms with E-state index in [2.05, 4.69) is 25.1 Å². The van der Waals surface area contributed by atoms with Crippen LogP contribution in [-0.4, -0.2) is 6.54 Å². The van der Waals surface area contributed by atoms with Gasteiger partial charge in [0, 0.05) is 12.2 Å². The van der Waals surface area contributed by atoms with E-state index < -0.39 is 0 Å². The number of rotatable bonds is 6. The molecule has 0 atom stereocenters. The van der Waals surface area contributed by atoms with Crippen molar-refractivity contribution in [3.05, 3.63) is 36.6 Å². The Balaban J connectivity index is 3.38. The van der Waals surface area contributed by atoms with E-state index >= 15 is 0 Å². The minimum atomic E-state index is 0.974. The predicted octanol–water partition coefficient (Wildman–Crippen LogP) is 3.02. The molecule has 0 spiro atoms. The lowest BCUT2D eigenvalue weighted by atomic mass is 10.1. The van der Waals surface area contributed by atoms with Crippen molar-refractivity contribution in [2.45, 2.75) is 26.7 Å². The van der Waals surface area contributed by atoms with E-state index in [9.17, 15) is 0 Å². The Morgan fingerprint density at radius 3 is 2.17 bits per heavy atom. The standard InChI is InChI=1S/C11H19N/c1-9(2)11(5)7-6-8-12-10(3)4/h12H,1,3,5-8H2,2,4H3. The molecule has 0 fully saturated rings. The first-order valence-corrected chi connectivity index (χ1v) is 4.27. The summed E-state index contributed by atoms with van der Waals surface area (Å²) in [4.78, 5) is 0. The quantitative estimate of drug-likeness (QED) is 0.471. The normalized spacial score (nSPS) is 9.17. The van der Waals surface area contributed by atoms with E-state index in [0.29, 0.717) is 0 Å². The van der Waals surface area contributed by atoms with Crippen molar-refractivity contribution in [1.29, 1.82) is 0 Å². The second kappa shape index (κ2) is 5.64. The van der Waals surface area contributed by atoms with Crippen molar-refractivity contribution in [2.75, 3.05) is 6.54 Å². The Kier molecular flexibility index (Phi) is 5.18. The van der Waals surface area contributed by atoms with Crippen molar-refractivity contribution in [3.63, 3.8) is 0 Å². The lowest BCUT2D eigenvalue weighted by Crippen LogP contribution is -2.11. The van der Waals surface area contributed by atoms with Gasteiger partial charge in [0.1, 0.15) is 0 Å². The minimum Gasteiger partial charge on any atom is -0.389 e. The molecule has 0 bridgehead atoms. The van der Waals surface area contributed by atoms with E-state index in [0.717, 1.165) is 36.2 Å². The first kappa shape index (κ1) is 11.0. The van der Waals surface area contributed by atoms with Crippen molar-refractivity contribution in [1.82, 2.24) is 5.32 Å². The fourth-order valence-corrected chi connectivity index (χ4v) is 0.817. The van der Waals surface area contributed by atoms with E-state index in [1.54, 1.807) is 0 Å². The second-order valence-electron chi connectivity index (χ2n) is 3.19. The van der Waals surface area contributed by atoms with Crippen LogP contribution in [0.1, 0.15) is 26.7 Å². The molecule has 0 saturated carbocycles. The first-order chi connectivity index (χ1) is 5.54. The van der Waals surface area contributed by atoms with Gasteiger partial charge in [-0.05, 0) is 26.7 Å². The van der Waals surface area contributed by atoms with Gasteiger partial charge < -0.3 is 5.32 Å². The Hall–Kier alpha value is -0.980. The zero-order valence-corrected chi connectivity index (χ0v) is 8.24. The SMILES string of the molecule is C=C(C)NCCCC(=C)C(=C)C. The third-order valence-corrected chi connectivity index (χ3v) is 1.69. The van der Waals surface area contributed by atoms with Crippen molar-refractivity contribution < 1.29 is 0 Å². The van der Waals surface area contributed by atoms with Gasteiger partial charge in [-0.3, -0.25) is 0 Å². The molecule has 0 heterocycles. The fraction of sp³-hybridized carbons (Fsp3) is 0.455. The maximum absolute atomic E-state index is 3.92.